The first-order chi connectivity index (χ1) is 10.5. The average Bonchev–Trinajstić information content (AvgIpc) is 2.51. The molecule has 2 amide bonds. The number of benzene rings is 1. The van der Waals surface area contributed by atoms with Crippen LogP contribution in [0.15, 0.2) is 18.2 Å². The molecule has 0 radical (unpaired) electrons. The molecule has 2 aliphatic rings. The zero-order valence-electron chi connectivity index (χ0n) is 13.0. The number of carbonyl (C=O) groups excluding carboxylic acids is 2. The van der Waals surface area contributed by atoms with E-state index in [4.69, 9.17) is 4.74 Å². The maximum Gasteiger partial charge on any atom is 0.262 e. The highest BCUT2D eigenvalue weighted by Crippen LogP contribution is 2.31. The Bertz CT molecular complexity index is 600. The molecule has 1 aromatic carbocycles. The predicted molar refractivity (Wildman–Crippen MR) is 84.0 cm³/mol. The van der Waals surface area contributed by atoms with Gasteiger partial charge < -0.3 is 15.4 Å². The van der Waals surface area contributed by atoms with E-state index >= 15 is 0 Å². The summed E-state index contributed by atoms with van der Waals surface area (Å²) in [5, 5.41) is 5.87. The topological polar surface area (TPSA) is 67.4 Å². The van der Waals surface area contributed by atoms with Crippen molar-refractivity contribution in [3.05, 3.63) is 23.8 Å². The summed E-state index contributed by atoms with van der Waals surface area (Å²) in [7, 11) is 0. The van der Waals surface area contributed by atoms with Crippen LogP contribution in [0.25, 0.3) is 0 Å². The van der Waals surface area contributed by atoms with Crippen LogP contribution in [-0.4, -0.2) is 24.5 Å². The Balaban J connectivity index is 1.71. The van der Waals surface area contributed by atoms with E-state index in [1.54, 1.807) is 18.2 Å². The highest BCUT2D eigenvalue weighted by molar-refractivity contribution is 5.99. The maximum atomic E-state index is 12.5. The maximum absolute atomic E-state index is 12.5. The van der Waals surface area contributed by atoms with Gasteiger partial charge in [0.2, 0.25) is 0 Å². The van der Waals surface area contributed by atoms with E-state index in [9.17, 15) is 9.59 Å². The molecule has 1 saturated carbocycles. The summed E-state index contributed by atoms with van der Waals surface area (Å²) in [5.74, 6) is 1.44. The zero-order chi connectivity index (χ0) is 15.7. The second kappa shape index (κ2) is 5.99. The van der Waals surface area contributed by atoms with Gasteiger partial charge in [-0.2, -0.15) is 0 Å². The van der Waals surface area contributed by atoms with Gasteiger partial charge in [0.05, 0.1) is 5.69 Å². The van der Waals surface area contributed by atoms with Gasteiger partial charge in [-0.25, -0.2) is 0 Å². The number of fused-ring (bicyclic) bond motifs is 1. The third-order valence-corrected chi connectivity index (χ3v) is 4.90. The van der Waals surface area contributed by atoms with Crippen molar-refractivity contribution in [2.75, 3.05) is 11.9 Å². The number of nitrogens with one attached hydrogen (secondary N) is 2. The second-order valence-electron chi connectivity index (χ2n) is 6.40. The number of amides is 2. The molecular formula is C17H22N2O3. The Morgan fingerprint density at radius 3 is 2.95 bits per heavy atom. The lowest BCUT2D eigenvalue weighted by Gasteiger charge is -2.34. The third-order valence-electron chi connectivity index (χ3n) is 4.90. The predicted octanol–water partition coefficient (Wildman–Crippen LogP) is 2.57. The van der Waals surface area contributed by atoms with Gasteiger partial charge in [-0.15, -0.1) is 0 Å². The minimum Gasteiger partial charge on any atom is -0.482 e. The number of ether oxygens (including phenoxy) is 1. The van der Waals surface area contributed by atoms with Crippen molar-refractivity contribution in [2.45, 2.75) is 39.2 Å². The van der Waals surface area contributed by atoms with Crippen LogP contribution in [-0.2, 0) is 4.79 Å². The van der Waals surface area contributed by atoms with Gasteiger partial charge in [0.25, 0.3) is 11.8 Å². The summed E-state index contributed by atoms with van der Waals surface area (Å²) in [4.78, 5) is 23.7. The highest BCUT2D eigenvalue weighted by Gasteiger charge is 2.28. The fraction of sp³-hybridized carbons (Fsp3) is 0.529. The Morgan fingerprint density at radius 2 is 2.14 bits per heavy atom. The summed E-state index contributed by atoms with van der Waals surface area (Å²) in [6, 6.07) is 5.36. The van der Waals surface area contributed by atoms with Gasteiger partial charge in [-0.05, 0) is 36.5 Å². The number of carbonyl (C=O) groups is 2. The summed E-state index contributed by atoms with van der Waals surface area (Å²) < 4.78 is 5.36. The normalized spacial score (nSPS) is 27.4. The number of hydrogen-bond donors (Lipinski definition) is 2. The summed E-state index contributed by atoms with van der Waals surface area (Å²) >= 11 is 0. The molecule has 0 spiro atoms. The van der Waals surface area contributed by atoms with Gasteiger partial charge in [0.15, 0.2) is 6.61 Å². The number of rotatable bonds is 2. The molecule has 1 aromatic rings. The van der Waals surface area contributed by atoms with Crippen LogP contribution in [0.2, 0.25) is 0 Å². The highest BCUT2D eigenvalue weighted by atomic mass is 16.5. The van der Waals surface area contributed by atoms with Gasteiger partial charge in [0.1, 0.15) is 5.75 Å². The fourth-order valence-electron chi connectivity index (χ4n) is 3.25. The molecule has 3 atom stereocenters. The minimum atomic E-state index is -0.172. The molecule has 0 aromatic heterocycles. The molecule has 1 aliphatic heterocycles. The van der Waals surface area contributed by atoms with Crippen molar-refractivity contribution >= 4 is 17.5 Å². The Kier molecular flexibility index (Phi) is 4.05. The lowest BCUT2D eigenvalue weighted by Crippen LogP contribution is -2.43. The van der Waals surface area contributed by atoms with E-state index in [1.807, 2.05) is 0 Å². The van der Waals surface area contributed by atoms with Gasteiger partial charge in [-0.3, -0.25) is 9.59 Å². The first-order valence-electron chi connectivity index (χ1n) is 7.92. The first kappa shape index (κ1) is 14.9. The fourth-order valence-corrected chi connectivity index (χ4v) is 3.25. The van der Waals surface area contributed by atoms with Gasteiger partial charge >= 0.3 is 0 Å². The molecule has 5 nitrogen and oxygen atoms in total. The van der Waals surface area contributed by atoms with E-state index < -0.39 is 0 Å². The molecular weight excluding hydrogens is 280 g/mol. The Hall–Kier alpha value is -2.04. The number of anilines is 1. The standard InChI is InChI=1S/C17H22N2O3/c1-10-4-3-5-13(11(10)2)19-17(21)12-6-7-14-15(8-12)22-9-16(20)18-14/h6-8,10-11,13H,3-5,9H2,1-2H3,(H,18,20)(H,19,21)/t10-,11-,13+/m1/s1. The van der Waals surface area contributed by atoms with Crippen molar-refractivity contribution in [2.24, 2.45) is 11.8 Å². The molecule has 1 heterocycles. The molecule has 22 heavy (non-hydrogen) atoms. The van der Waals surface area contributed by atoms with Crippen LogP contribution < -0.4 is 15.4 Å². The monoisotopic (exact) mass is 302 g/mol. The van der Waals surface area contributed by atoms with Crippen molar-refractivity contribution in [1.29, 1.82) is 0 Å². The van der Waals surface area contributed by atoms with E-state index in [2.05, 4.69) is 24.5 Å². The lowest BCUT2D eigenvalue weighted by atomic mass is 9.78. The molecule has 0 saturated heterocycles. The smallest absolute Gasteiger partial charge is 0.262 e. The van der Waals surface area contributed by atoms with Crippen LogP contribution in [0, 0.1) is 11.8 Å². The molecule has 0 bridgehead atoms. The molecule has 1 fully saturated rings. The second-order valence-corrected chi connectivity index (χ2v) is 6.40. The van der Waals surface area contributed by atoms with Gasteiger partial charge in [-0.1, -0.05) is 26.7 Å². The van der Waals surface area contributed by atoms with Crippen LogP contribution in [0.5, 0.6) is 5.75 Å². The van der Waals surface area contributed by atoms with E-state index in [1.165, 1.54) is 6.42 Å². The number of hydrogen-bond acceptors (Lipinski definition) is 3. The van der Waals surface area contributed by atoms with E-state index in [0.29, 0.717) is 28.8 Å². The summed E-state index contributed by atoms with van der Waals surface area (Å²) in [6.07, 6.45) is 3.43. The first-order valence-corrected chi connectivity index (χ1v) is 7.92. The average molecular weight is 302 g/mol. The molecule has 118 valence electrons. The zero-order valence-corrected chi connectivity index (χ0v) is 13.0. The van der Waals surface area contributed by atoms with Gasteiger partial charge in [0, 0.05) is 11.6 Å². The van der Waals surface area contributed by atoms with Crippen LogP contribution in [0.4, 0.5) is 5.69 Å². The molecule has 3 rings (SSSR count). The Morgan fingerprint density at radius 1 is 1.32 bits per heavy atom. The Labute approximate surface area is 130 Å². The van der Waals surface area contributed by atoms with Crippen molar-refractivity contribution in [1.82, 2.24) is 5.32 Å². The molecule has 5 heteroatoms. The van der Waals surface area contributed by atoms with Crippen molar-refractivity contribution < 1.29 is 14.3 Å². The SMILES string of the molecule is C[C@@H]1[C@H](C)CCC[C@@H]1NC(=O)c1ccc2c(c1)OCC(=O)N2. The third kappa shape index (κ3) is 2.93. The van der Waals surface area contributed by atoms with Crippen molar-refractivity contribution in [3.8, 4) is 5.75 Å². The summed E-state index contributed by atoms with van der Waals surface area (Å²) in [5.41, 5.74) is 1.19. The van der Waals surface area contributed by atoms with Crippen LogP contribution >= 0.6 is 0 Å². The molecule has 1 aliphatic carbocycles. The minimum absolute atomic E-state index is 0.00472. The molecule has 2 N–H and O–H groups in total. The van der Waals surface area contributed by atoms with Crippen LogP contribution in [0.1, 0.15) is 43.5 Å². The van der Waals surface area contributed by atoms with Crippen molar-refractivity contribution in [3.63, 3.8) is 0 Å². The molecule has 0 unspecified atom stereocenters. The van der Waals surface area contributed by atoms with E-state index in [0.717, 1.165) is 12.8 Å². The largest absolute Gasteiger partial charge is 0.482 e. The van der Waals surface area contributed by atoms with Crippen LogP contribution in [0.3, 0.4) is 0 Å². The quantitative estimate of drug-likeness (QED) is 0.882. The van der Waals surface area contributed by atoms with E-state index in [-0.39, 0.29) is 24.5 Å². The summed E-state index contributed by atoms with van der Waals surface area (Å²) in [6.45, 7) is 4.45. The lowest BCUT2D eigenvalue weighted by molar-refractivity contribution is -0.118.